The van der Waals surface area contributed by atoms with E-state index in [-0.39, 0.29) is 6.10 Å². The summed E-state index contributed by atoms with van der Waals surface area (Å²) in [6.07, 6.45) is 4.02. The summed E-state index contributed by atoms with van der Waals surface area (Å²) in [5.41, 5.74) is 1.83. The number of aromatic nitrogens is 2. The molecule has 2 fully saturated rings. The monoisotopic (exact) mass is 284 g/mol. The summed E-state index contributed by atoms with van der Waals surface area (Å²) in [6.45, 7) is 1.58. The van der Waals surface area contributed by atoms with Gasteiger partial charge in [0.1, 0.15) is 0 Å². The average Bonchev–Trinajstić information content (AvgIpc) is 3.30. The number of β-amino-alcohol motifs (C(OH)–C–C–N with tert-alkyl or cyclic N) is 1. The molecule has 1 saturated carbocycles. The maximum absolute atomic E-state index is 9.93. The van der Waals surface area contributed by atoms with Gasteiger partial charge in [-0.2, -0.15) is 0 Å². The lowest BCUT2D eigenvalue weighted by Gasteiger charge is -2.32. The Kier molecular flexibility index (Phi) is 3.15. The predicted octanol–water partition coefficient (Wildman–Crippen LogP) is 2.17. The van der Waals surface area contributed by atoms with Crippen LogP contribution in [0.5, 0.6) is 0 Å². The topological polar surface area (TPSA) is 61.3 Å². The molecule has 2 heterocycles. The molecule has 5 heteroatoms. The minimum absolute atomic E-state index is 0.263. The van der Waals surface area contributed by atoms with Crippen molar-refractivity contribution in [3.8, 4) is 0 Å². The van der Waals surface area contributed by atoms with E-state index in [1.54, 1.807) is 0 Å². The first kappa shape index (κ1) is 12.8. The van der Waals surface area contributed by atoms with Crippen molar-refractivity contribution in [3.05, 3.63) is 24.3 Å². The van der Waals surface area contributed by atoms with Crippen molar-refractivity contribution in [2.75, 3.05) is 23.3 Å². The summed E-state index contributed by atoms with van der Waals surface area (Å²) in [5.74, 6) is 1.75. The quantitative estimate of drug-likeness (QED) is 0.904. The van der Waals surface area contributed by atoms with Gasteiger partial charge in [0, 0.05) is 19.1 Å². The highest BCUT2D eigenvalue weighted by atomic mass is 16.3. The van der Waals surface area contributed by atoms with Gasteiger partial charge < -0.3 is 15.3 Å². The molecular formula is C16H20N4O. The normalized spacial score (nSPS) is 22.5. The summed E-state index contributed by atoms with van der Waals surface area (Å²) in [4.78, 5) is 11.7. The van der Waals surface area contributed by atoms with E-state index < -0.39 is 0 Å². The molecule has 1 saturated heterocycles. The number of hydrogen-bond acceptors (Lipinski definition) is 5. The number of hydrogen-bond donors (Lipinski definition) is 2. The lowest BCUT2D eigenvalue weighted by atomic mass is 10.1. The number of nitrogens with zero attached hydrogens (tertiary/aromatic N) is 3. The van der Waals surface area contributed by atoms with Gasteiger partial charge in [0.15, 0.2) is 11.6 Å². The molecule has 1 aliphatic heterocycles. The van der Waals surface area contributed by atoms with Gasteiger partial charge in [-0.1, -0.05) is 12.1 Å². The molecule has 0 bridgehead atoms. The van der Waals surface area contributed by atoms with Crippen molar-refractivity contribution in [3.63, 3.8) is 0 Å². The average molecular weight is 284 g/mol. The molecule has 0 spiro atoms. The lowest BCUT2D eigenvalue weighted by Crippen LogP contribution is -2.39. The van der Waals surface area contributed by atoms with Crippen LogP contribution in [0.4, 0.5) is 11.6 Å². The van der Waals surface area contributed by atoms with Crippen LogP contribution >= 0.6 is 0 Å². The molecule has 110 valence electrons. The minimum atomic E-state index is -0.263. The SMILES string of the molecule is OC1CCCN(c2nc3ccccc3nc2NC2CC2)C1. The Morgan fingerprint density at radius 2 is 1.86 bits per heavy atom. The van der Waals surface area contributed by atoms with E-state index >= 15 is 0 Å². The second-order valence-corrected chi connectivity index (χ2v) is 6.05. The van der Waals surface area contributed by atoms with Gasteiger partial charge in [0.05, 0.1) is 17.1 Å². The second kappa shape index (κ2) is 5.15. The molecule has 5 nitrogen and oxygen atoms in total. The summed E-state index contributed by atoms with van der Waals surface area (Å²) < 4.78 is 0. The molecule has 1 aliphatic carbocycles. The standard InChI is InChI=1S/C16H20N4O/c21-12-4-3-9-20(10-12)16-15(17-11-7-8-11)18-13-5-1-2-6-14(13)19-16/h1-2,5-6,11-12,21H,3-4,7-10H2,(H,17,18). The zero-order chi connectivity index (χ0) is 14.2. The molecule has 1 aromatic carbocycles. The Hall–Kier alpha value is -1.88. The smallest absolute Gasteiger partial charge is 0.172 e. The van der Waals surface area contributed by atoms with Crippen LogP contribution in [-0.4, -0.2) is 40.3 Å². The van der Waals surface area contributed by atoms with E-state index in [9.17, 15) is 5.11 Å². The lowest BCUT2D eigenvalue weighted by molar-refractivity contribution is 0.154. The molecule has 1 aromatic heterocycles. The number of rotatable bonds is 3. The van der Waals surface area contributed by atoms with Gasteiger partial charge in [0.2, 0.25) is 0 Å². The Morgan fingerprint density at radius 1 is 1.10 bits per heavy atom. The summed E-state index contributed by atoms with van der Waals surface area (Å²) in [5, 5.41) is 13.4. The maximum atomic E-state index is 9.93. The van der Waals surface area contributed by atoms with Crippen LogP contribution in [0.2, 0.25) is 0 Å². The van der Waals surface area contributed by atoms with Crippen molar-refractivity contribution >= 4 is 22.7 Å². The Labute approximate surface area is 124 Å². The van der Waals surface area contributed by atoms with Crippen molar-refractivity contribution in [1.29, 1.82) is 0 Å². The third kappa shape index (κ3) is 2.65. The van der Waals surface area contributed by atoms with Gasteiger partial charge >= 0.3 is 0 Å². The third-order valence-corrected chi connectivity index (χ3v) is 4.17. The molecule has 2 N–H and O–H groups in total. The van der Waals surface area contributed by atoms with E-state index in [1.165, 1.54) is 12.8 Å². The highest BCUT2D eigenvalue weighted by Gasteiger charge is 2.27. The molecular weight excluding hydrogens is 264 g/mol. The van der Waals surface area contributed by atoms with Crippen molar-refractivity contribution in [1.82, 2.24) is 9.97 Å². The molecule has 1 atom stereocenters. The number of nitrogens with one attached hydrogen (secondary N) is 1. The van der Waals surface area contributed by atoms with Crippen LogP contribution in [0.3, 0.4) is 0 Å². The van der Waals surface area contributed by atoms with Crippen molar-refractivity contribution in [2.24, 2.45) is 0 Å². The zero-order valence-electron chi connectivity index (χ0n) is 12.0. The summed E-state index contributed by atoms with van der Waals surface area (Å²) in [6, 6.07) is 8.50. The van der Waals surface area contributed by atoms with E-state index in [4.69, 9.17) is 9.97 Å². The highest BCUT2D eigenvalue weighted by molar-refractivity contribution is 5.80. The molecule has 0 amide bonds. The van der Waals surface area contributed by atoms with Crippen LogP contribution < -0.4 is 10.2 Å². The molecule has 2 aromatic rings. The minimum Gasteiger partial charge on any atom is -0.391 e. The van der Waals surface area contributed by atoms with E-state index in [2.05, 4.69) is 10.2 Å². The van der Waals surface area contributed by atoms with Crippen LogP contribution in [-0.2, 0) is 0 Å². The fourth-order valence-electron chi connectivity index (χ4n) is 2.88. The molecule has 4 rings (SSSR count). The number of aliphatic hydroxyl groups excluding tert-OH is 1. The number of piperidine rings is 1. The van der Waals surface area contributed by atoms with Gasteiger partial charge in [-0.25, -0.2) is 9.97 Å². The van der Waals surface area contributed by atoms with E-state index in [1.807, 2.05) is 24.3 Å². The van der Waals surface area contributed by atoms with Crippen LogP contribution in [0, 0.1) is 0 Å². The summed E-state index contributed by atoms with van der Waals surface area (Å²) in [7, 11) is 0. The van der Waals surface area contributed by atoms with Crippen molar-refractivity contribution in [2.45, 2.75) is 37.8 Å². The number of fused-ring (bicyclic) bond motifs is 1. The molecule has 0 radical (unpaired) electrons. The fraction of sp³-hybridized carbons (Fsp3) is 0.500. The Balaban J connectivity index is 1.76. The number of benzene rings is 1. The first-order valence-electron chi connectivity index (χ1n) is 7.76. The number of para-hydroxylation sites is 2. The van der Waals surface area contributed by atoms with Crippen LogP contribution in [0.25, 0.3) is 11.0 Å². The van der Waals surface area contributed by atoms with Gasteiger partial charge in [-0.15, -0.1) is 0 Å². The number of anilines is 2. The maximum Gasteiger partial charge on any atom is 0.172 e. The van der Waals surface area contributed by atoms with Gasteiger partial charge in [-0.3, -0.25) is 0 Å². The first-order valence-corrected chi connectivity index (χ1v) is 7.76. The van der Waals surface area contributed by atoms with Gasteiger partial charge in [-0.05, 0) is 37.8 Å². The molecule has 2 aliphatic rings. The Morgan fingerprint density at radius 3 is 2.57 bits per heavy atom. The largest absolute Gasteiger partial charge is 0.391 e. The molecule has 21 heavy (non-hydrogen) atoms. The zero-order valence-corrected chi connectivity index (χ0v) is 12.0. The van der Waals surface area contributed by atoms with Gasteiger partial charge in [0.25, 0.3) is 0 Å². The molecule has 1 unspecified atom stereocenters. The van der Waals surface area contributed by atoms with E-state index in [0.29, 0.717) is 12.6 Å². The second-order valence-electron chi connectivity index (χ2n) is 6.05. The number of aliphatic hydroxyl groups is 1. The third-order valence-electron chi connectivity index (χ3n) is 4.17. The highest BCUT2D eigenvalue weighted by Crippen LogP contribution is 2.31. The summed E-state index contributed by atoms with van der Waals surface area (Å²) >= 11 is 0. The van der Waals surface area contributed by atoms with Crippen molar-refractivity contribution < 1.29 is 5.11 Å². The fourth-order valence-corrected chi connectivity index (χ4v) is 2.88. The Bertz CT molecular complexity index is 656. The predicted molar refractivity (Wildman–Crippen MR) is 83.6 cm³/mol. The van der Waals surface area contributed by atoms with Crippen LogP contribution in [0.1, 0.15) is 25.7 Å². The van der Waals surface area contributed by atoms with Crippen LogP contribution in [0.15, 0.2) is 24.3 Å². The first-order chi connectivity index (χ1) is 10.3. The van der Waals surface area contributed by atoms with E-state index in [0.717, 1.165) is 42.1 Å².